The van der Waals surface area contributed by atoms with Crippen LogP contribution in [-0.2, 0) is 10.8 Å². The molecular formula is C66H58N4. The van der Waals surface area contributed by atoms with Gasteiger partial charge in [0.15, 0.2) is 0 Å². The molecule has 2 spiro atoms. The van der Waals surface area contributed by atoms with E-state index in [1.807, 2.05) is 0 Å². The summed E-state index contributed by atoms with van der Waals surface area (Å²) in [5, 5.41) is 35.2. The zero-order valence-electron chi connectivity index (χ0n) is 41.1. The van der Waals surface area contributed by atoms with E-state index in [0.717, 1.165) is 59.5 Å². The van der Waals surface area contributed by atoms with Crippen LogP contribution in [0.3, 0.4) is 0 Å². The summed E-state index contributed by atoms with van der Waals surface area (Å²) in [5.41, 5.74) is 23.6. The highest BCUT2D eigenvalue weighted by atomic mass is 15.0. The average Bonchev–Trinajstić information content (AvgIpc) is 4.23. The Morgan fingerprint density at radius 3 is 1.73 bits per heavy atom. The fraction of sp³-hybridized carbons (Fsp3) is 0.515. The Balaban J connectivity index is 1.08. The summed E-state index contributed by atoms with van der Waals surface area (Å²) < 4.78 is 5.63. The third kappa shape index (κ3) is 3.28. The van der Waals surface area contributed by atoms with E-state index in [0.29, 0.717) is 46.3 Å². The first kappa shape index (κ1) is 36.6. The second-order valence-corrected chi connectivity index (χ2v) is 28.7. The van der Waals surface area contributed by atoms with Crippen LogP contribution < -0.4 is 0 Å². The van der Waals surface area contributed by atoms with E-state index in [9.17, 15) is 10.5 Å². The lowest BCUT2D eigenvalue weighted by molar-refractivity contribution is -0.146. The molecule has 0 radical (unpaired) electrons. The molecule has 12 aliphatic carbocycles. The Labute approximate surface area is 408 Å². The summed E-state index contributed by atoms with van der Waals surface area (Å²) >= 11 is 0. The SMILES string of the molecule is CC1(C)CCC(C)(C)c2c1c(C#N)cc1c2c2c3c4c5c(ccc4n4c6ccc7c(c6c(c6c8c9c(c(C#N)cc8n1c62)C1CC2CC6CC9C26C1)c34)C1CC2CC7CC1C2)C1CC2CC3CC5C23C1. The molecule has 14 unspecified atom stereocenters. The van der Waals surface area contributed by atoms with E-state index < -0.39 is 0 Å². The van der Waals surface area contributed by atoms with Crippen LogP contribution in [0.2, 0.25) is 0 Å². The van der Waals surface area contributed by atoms with Crippen LogP contribution in [0, 0.1) is 69.0 Å². The van der Waals surface area contributed by atoms with Gasteiger partial charge < -0.3 is 8.80 Å². The van der Waals surface area contributed by atoms with Crippen LogP contribution in [0.15, 0.2) is 36.4 Å². The molecule has 342 valence electrons. The van der Waals surface area contributed by atoms with Crippen LogP contribution in [0.25, 0.3) is 76.2 Å². The molecule has 0 amide bonds. The quantitative estimate of drug-likeness (QED) is 0.152. The molecule has 5 aromatic carbocycles. The van der Waals surface area contributed by atoms with E-state index in [2.05, 4.69) is 85.0 Å². The normalized spacial score (nSPS) is 39.2. The third-order valence-corrected chi connectivity index (χ3v) is 26.2. The minimum atomic E-state index is -0.123. The maximum absolute atomic E-state index is 11.5. The predicted molar refractivity (Wildman–Crippen MR) is 278 cm³/mol. The summed E-state index contributed by atoms with van der Waals surface area (Å²) in [5.74, 6) is 8.86. The van der Waals surface area contributed by atoms with Gasteiger partial charge in [-0.25, -0.2) is 0 Å². The van der Waals surface area contributed by atoms with Crippen molar-refractivity contribution in [2.24, 2.45) is 46.3 Å². The molecule has 14 atom stereocenters. The van der Waals surface area contributed by atoms with Crippen molar-refractivity contribution in [2.45, 2.75) is 164 Å². The molecule has 0 N–H and O–H groups in total. The summed E-state index contributed by atoms with van der Waals surface area (Å²) in [4.78, 5) is 0. The van der Waals surface area contributed by atoms with Crippen molar-refractivity contribution in [1.29, 1.82) is 10.5 Å². The summed E-state index contributed by atoms with van der Waals surface area (Å²) in [6.07, 6.45) is 18.7. The van der Waals surface area contributed by atoms with Gasteiger partial charge >= 0.3 is 0 Å². The molecule has 8 fully saturated rings. The molecule has 0 saturated heterocycles. The van der Waals surface area contributed by atoms with Gasteiger partial charge in [-0.2, -0.15) is 10.5 Å². The van der Waals surface area contributed by atoms with Crippen molar-refractivity contribution in [3.05, 3.63) is 92.0 Å². The first-order valence-corrected chi connectivity index (χ1v) is 28.5. The molecule has 9 aromatic rings. The number of fused-ring (bicyclic) bond motifs is 32. The van der Waals surface area contributed by atoms with Crippen molar-refractivity contribution < 1.29 is 0 Å². The van der Waals surface area contributed by atoms with Crippen molar-refractivity contribution in [3.63, 3.8) is 0 Å². The third-order valence-electron chi connectivity index (χ3n) is 26.2. The number of hydrogen-bond donors (Lipinski definition) is 0. The largest absolute Gasteiger partial charge is 0.308 e. The average molecular weight is 907 g/mol. The van der Waals surface area contributed by atoms with Crippen molar-refractivity contribution in [1.82, 2.24) is 8.80 Å². The molecule has 70 heavy (non-hydrogen) atoms. The number of aromatic nitrogens is 2. The Kier molecular flexibility index (Phi) is 5.46. The molecule has 4 aromatic heterocycles. The van der Waals surface area contributed by atoms with Gasteiger partial charge in [0.1, 0.15) is 0 Å². The van der Waals surface area contributed by atoms with Crippen molar-refractivity contribution in [2.75, 3.05) is 0 Å². The summed E-state index contributed by atoms with van der Waals surface area (Å²) in [6.45, 7) is 9.88. The van der Waals surface area contributed by atoms with Crippen molar-refractivity contribution >= 4 is 76.2 Å². The highest BCUT2D eigenvalue weighted by Crippen LogP contribution is 2.84. The number of rotatable bonds is 0. The lowest BCUT2D eigenvalue weighted by Crippen LogP contribution is -2.59. The molecule has 12 aliphatic rings. The van der Waals surface area contributed by atoms with E-state index in [-0.39, 0.29) is 10.8 Å². The van der Waals surface area contributed by atoms with Crippen LogP contribution in [0.1, 0.15) is 209 Å². The van der Waals surface area contributed by atoms with Gasteiger partial charge in [-0.1, -0.05) is 39.8 Å². The van der Waals surface area contributed by atoms with E-state index in [1.54, 1.807) is 49.4 Å². The zero-order valence-corrected chi connectivity index (χ0v) is 41.1. The van der Waals surface area contributed by atoms with Gasteiger partial charge in [-0.15, -0.1) is 0 Å². The molecule has 4 heterocycles. The number of nitrogens with zero attached hydrogens (tertiary/aromatic N) is 4. The molecule has 4 nitrogen and oxygen atoms in total. The molecular weight excluding hydrogens is 849 g/mol. The molecule has 4 heteroatoms. The van der Waals surface area contributed by atoms with Crippen LogP contribution >= 0.6 is 0 Å². The second kappa shape index (κ2) is 10.5. The summed E-state index contributed by atoms with van der Waals surface area (Å²) in [7, 11) is 0. The zero-order chi connectivity index (χ0) is 45.5. The van der Waals surface area contributed by atoms with Gasteiger partial charge in [0.05, 0.1) is 56.4 Å². The number of benzene rings is 5. The van der Waals surface area contributed by atoms with Gasteiger partial charge in [0.25, 0.3) is 0 Å². The smallest absolute Gasteiger partial charge is 0.0995 e. The maximum atomic E-state index is 11.5. The summed E-state index contributed by atoms with van der Waals surface area (Å²) in [6, 6.07) is 21.2. The first-order chi connectivity index (χ1) is 34.0. The standard InChI is InChI=1S/C66H58N4/c1-63(2)9-10-64(3,4)60-54-46(18-33(26-68)59(60)63)70-45-17-32(25-67)47-31-16-35-20-37-22-42(66(35,37)24-31)50(47)53(45)57-55-51-43(7-5-38-28-11-27-12-29(14-28)40(13-27)48(38)51)69-44-8-6-39-30-15-34-19-36-21-41(65(34,36)23-30)49(39)52(44)56(61(55)69)58(54)62(57)70/h5-8,17-18,27-31,34-37,40-42H,9-16,19-24H2,1-4H3. The molecule has 21 rings (SSSR count). The fourth-order valence-electron chi connectivity index (χ4n) is 24.0. The highest BCUT2D eigenvalue weighted by Gasteiger charge is 2.74. The lowest BCUT2D eigenvalue weighted by atomic mass is 9.36. The minimum absolute atomic E-state index is 0.120. The minimum Gasteiger partial charge on any atom is -0.308 e. The van der Waals surface area contributed by atoms with Gasteiger partial charge in [0.2, 0.25) is 0 Å². The van der Waals surface area contributed by atoms with Gasteiger partial charge in [-0.05, 0) is 251 Å². The molecule has 0 aliphatic heterocycles. The van der Waals surface area contributed by atoms with Gasteiger partial charge in [0, 0.05) is 43.1 Å². The van der Waals surface area contributed by atoms with Crippen molar-refractivity contribution in [3.8, 4) is 12.1 Å². The van der Waals surface area contributed by atoms with E-state index in [1.165, 1.54) is 148 Å². The first-order valence-electron chi connectivity index (χ1n) is 28.5. The Morgan fingerprint density at radius 1 is 0.471 bits per heavy atom. The van der Waals surface area contributed by atoms with E-state index >= 15 is 0 Å². The van der Waals surface area contributed by atoms with Crippen LogP contribution in [0.4, 0.5) is 0 Å². The van der Waals surface area contributed by atoms with Crippen LogP contribution in [-0.4, -0.2) is 8.80 Å². The lowest BCUT2D eigenvalue weighted by Gasteiger charge is -2.68. The Hall–Kier alpha value is -5.32. The number of nitriles is 2. The highest BCUT2D eigenvalue weighted by molar-refractivity contribution is 6.46. The monoisotopic (exact) mass is 906 g/mol. The second-order valence-electron chi connectivity index (χ2n) is 28.7. The Bertz CT molecular complexity index is 4290. The predicted octanol–water partition coefficient (Wildman–Crippen LogP) is 16.1. The fourth-order valence-corrected chi connectivity index (χ4v) is 24.0. The van der Waals surface area contributed by atoms with E-state index in [4.69, 9.17) is 0 Å². The van der Waals surface area contributed by atoms with Gasteiger partial charge in [-0.3, -0.25) is 0 Å². The molecule has 8 saturated carbocycles. The topological polar surface area (TPSA) is 56.4 Å². The Morgan fingerprint density at radius 2 is 1.03 bits per heavy atom. The maximum Gasteiger partial charge on any atom is 0.0995 e. The molecule has 7 bridgehead atoms. The number of hydrogen-bond acceptors (Lipinski definition) is 2. The van der Waals surface area contributed by atoms with Crippen LogP contribution in [0.5, 0.6) is 0 Å².